The molecule has 18 heavy (non-hydrogen) atoms. The van der Waals surface area contributed by atoms with Crippen molar-refractivity contribution in [3.63, 3.8) is 0 Å². The van der Waals surface area contributed by atoms with E-state index in [4.69, 9.17) is 0 Å². The molecule has 94 valence electrons. The van der Waals surface area contributed by atoms with Gasteiger partial charge in [-0.15, -0.1) is 0 Å². The molecule has 0 aromatic heterocycles. The van der Waals surface area contributed by atoms with E-state index in [1.165, 1.54) is 11.8 Å². The van der Waals surface area contributed by atoms with Gasteiger partial charge < -0.3 is 0 Å². The molecule has 0 saturated carbocycles. The molecule has 1 rings (SSSR count). The Kier molecular flexibility index (Phi) is 6.23. The van der Waals surface area contributed by atoms with E-state index >= 15 is 0 Å². The molecule has 0 saturated heterocycles. The van der Waals surface area contributed by atoms with Gasteiger partial charge in [-0.05, 0) is 11.3 Å². The summed E-state index contributed by atoms with van der Waals surface area (Å²) in [4.78, 5) is 5.43. The van der Waals surface area contributed by atoms with Gasteiger partial charge in [-0.3, -0.25) is 4.99 Å². The van der Waals surface area contributed by atoms with Crippen molar-refractivity contribution in [3.05, 3.63) is 71.6 Å². The number of allylic oxidation sites excluding steroid dienone is 2. The standard InChI is InChI=1S/C16H19NS/c1-5-18-14(4)16(17-12-11-13(2)3)15-9-7-6-8-10-15/h5-13H,1,4H2,2-3H3/b12-11-,17-16?. The minimum absolute atomic E-state index is 0.492. The van der Waals surface area contributed by atoms with Gasteiger partial charge in [-0.1, -0.05) is 75.2 Å². The molecule has 1 nitrogen and oxygen atoms in total. The van der Waals surface area contributed by atoms with Crippen molar-refractivity contribution in [2.24, 2.45) is 10.9 Å². The van der Waals surface area contributed by atoms with Crippen molar-refractivity contribution >= 4 is 17.5 Å². The Morgan fingerprint density at radius 2 is 1.94 bits per heavy atom. The van der Waals surface area contributed by atoms with Crippen molar-refractivity contribution in [2.75, 3.05) is 0 Å². The molecule has 0 aliphatic rings. The third kappa shape index (κ3) is 4.76. The van der Waals surface area contributed by atoms with Gasteiger partial charge in [0.2, 0.25) is 0 Å². The SMILES string of the molecule is C=CSC(=C)C(=N/C=C\C(C)C)c1ccccc1. The lowest BCUT2D eigenvalue weighted by atomic mass is 10.1. The smallest absolute Gasteiger partial charge is 0.0834 e. The highest BCUT2D eigenvalue weighted by Crippen LogP contribution is 2.20. The first-order valence-electron chi connectivity index (χ1n) is 5.92. The van der Waals surface area contributed by atoms with Crippen LogP contribution in [-0.4, -0.2) is 5.71 Å². The average molecular weight is 257 g/mol. The molecule has 0 heterocycles. The third-order valence-electron chi connectivity index (χ3n) is 2.21. The molecule has 2 heteroatoms. The molecule has 0 aliphatic heterocycles. The van der Waals surface area contributed by atoms with E-state index in [9.17, 15) is 0 Å². The zero-order chi connectivity index (χ0) is 13.4. The molecule has 1 aromatic carbocycles. The number of hydrogen-bond donors (Lipinski definition) is 0. The van der Waals surface area contributed by atoms with Gasteiger partial charge in [0.15, 0.2) is 0 Å². The van der Waals surface area contributed by atoms with Crippen LogP contribution in [0, 0.1) is 5.92 Å². The lowest BCUT2D eigenvalue weighted by molar-refractivity contribution is 0.829. The van der Waals surface area contributed by atoms with Gasteiger partial charge in [-0.2, -0.15) is 0 Å². The van der Waals surface area contributed by atoms with Crippen LogP contribution in [0.25, 0.3) is 0 Å². The highest BCUT2D eigenvalue weighted by atomic mass is 32.2. The van der Waals surface area contributed by atoms with Crippen LogP contribution in [0.1, 0.15) is 19.4 Å². The lowest BCUT2D eigenvalue weighted by Crippen LogP contribution is -2.00. The van der Waals surface area contributed by atoms with Crippen LogP contribution in [0.4, 0.5) is 0 Å². The molecule has 0 radical (unpaired) electrons. The molecular weight excluding hydrogens is 238 g/mol. The first kappa shape index (κ1) is 14.5. The molecule has 0 bridgehead atoms. The summed E-state index contributed by atoms with van der Waals surface area (Å²) in [7, 11) is 0. The van der Waals surface area contributed by atoms with Gasteiger partial charge in [0.1, 0.15) is 0 Å². The Hall–Kier alpha value is -1.54. The zero-order valence-electron chi connectivity index (χ0n) is 11.0. The minimum atomic E-state index is 0.492. The fourth-order valence-electron chi connectivity index (χ4n) is 1.35. The number of nitrogens with zero attached hydrogens (tertiary/aromatic N) is 1. The maximum Gasteiger partial charge on any atom is 0.0834 e. The molecule has 0 fully saturated rings. The summed E-state index contributed by atoms with van der Waals surface area (Å²) in [5, 5.41) is 1.77. The predicted molar refractivity (Wildman–Crippen MR) is 83.9 cm³/mol. The van der Waals surface area contributed by atoms with E-state index < -0.39 is 0 Å². The second-order valence-corrected chi connectivity index (χ2v) is 5.20. The highest BCUT2D eigenvalue weighted by molar-refractivity contribution is 8.06. The van der Waals surface area contributed by atoms with Crippen molar-refractivity contribution in [2.45, 2.75) is 13.8 Å². The van der Waals surface area contributed by atoms with Crippen LogP contribution in [0.3, 0.4) is 0 Å². The topological polar surface area (TPSA) is 12.4 Å². The zero-order valence-corrected chi connectivity index (χ0v) is 11.8. The molecule has 1 aromatic rings. The normalized spacial score (nSPS) is 12.1. The Labute approximate surface area is 114 Å². The van der Waals surface area contributed by atoms with Crippen molar-refractivity contribution < 1.29 is 0 Å². The van der Waals surface area contributed by atoms with Crippen LogP contribution in [-0.2, 0) is 0 Å². The third-order valence-corrected chi connectivity index (χ3v) is 2.86. The summed E-state index contributed by atoms with van der Waals surface area (Å²) in [6.45, 7) is 12.0. The van der Waals surface area contributed by atoms with Crippen LogP contribution in [0.2, 0.25) is 0 Å². The van der Waals surface area contributed by atoms with Gasteiger partial charge in [-0.25, -0.2) is 0 Å². The van der Waals surface area contributed by atoms with Gasteiger partial charge in [0.05, 0.1) is 5.71 Å². The summed E-state index contributed by atoms with van der Waals surface area (Å²) in [6.07, 6.45) is 3.91. The Bertz CT molecular complexity index is 455. The monoisotopic (exact) mass is 257 g/mol. The average Bonchev–Trinajstić information content (AvgIpc) is 2.35. The molecule has 0 atom stereocenters. The lowest BCUT2D eigenvalue weighted by Gasteiger charge is -2.06. The predicted octanol–water partition coefficient (Wildman–Crippen LogP) is 5.04. The molecule has 0 amide bonds. The second kappa shape index (κ2) is 7.72. The molecular formula is C16H19NS. The summed E-state index contributed by atoms with van der Waals surface area (Å²) >= 11 is 1.50. The van der Waals surface area contributed by atoms with Crippen molar-refractivity contribution in [1.29, 1.82) is 0 Å². The van der Waals surface area contributed by atoms with E-state index in [1.807, 2.05) is 36.5 Å². The largest absolute Gasteiger partial charge is 0.255 e. The Morgan fingerprint density at radius 1 is 1.28 bits per heavy atom. The number of thioether (sulfide) groups is 1. The Balaban J connectivity index is 3.03. The summed E-state index contributed by atoms with van der Waals surface area (Å²) in [5.74, 6) is 0.492. The van der Waals surface area contributed by atoms with E-state index in [1.54, 1.807) is 5.41 Å². The first-order valence-corrected chi connectivity index (χ1v) is 6.80. The van der Waals surface area contributed by atoms with E-state index in [0.717, 1.165) is 16.2 Å². The molecule has 0 spiro atoms. The number of rotatable bonds is 6. The number of benzene rings is 1. The number of hydrogen-bond acceptors (Lipinski definition) is 2. The molecule has 0 N–H and O–H groups in total. The minimum Gasteiger partial charge on any atom is -0.255 e. The Morgan fingerprint density at radius 3 is 2.50 bits per heavy atom. The van der Waals surface area contributed by atoms with E-state index in [-0.39, 0.29) is 0 Å². The summed E-state index contributed by atoms with van der Waals surface area (Å²) in [5.41, 5.74) is 1.97. The maximum absolute atomic E-state index is 4.52. The number of aliphatic imine (C=N–C) groups is 1. The van der Waals surface area contributed by atoms with Crippen LogP contribution >= 0.6 is 11.8 Å². The van der Waals surface area contributed by atoms with Crippen LogP contribution in [0.5, 0.6) is 0 Å². The van der Waals surface area contributed by atoms with Crippen molar-refractivity contribution in [1.82, 2.24) is 0 Å². The van der Waals surface area contributed by atoms with Crippen LogP contribution < -0.4 is 0 Å². The van der Waals surface area contributed by atoms with Gasteiger partial charge in [0.25, 0.3) is 0 Å². The highest BCUT2D eigenvalue weighted by Gasteiger charge is 2.06. The van der Waals surface area contributed by atoms with Gasteiger partial charge in [0, 0.05) is 16.7 Å². The van der Waals surface area contributed by atoms with Crippen molar-refractivity contribution in [3.8, 4) is 0 Å². The maximum atomic E-state index is 4.52. The van der Waals surface area contributed by atoms with Gasteiger partial charge >= 0.3 is 0 Å². The summed E-state index contributed by atoms with van der Waals surface area (Å²) in [6, 6.07) is 10.1. The van der Waals surface area contributed by atoms with E-state index in [2.05, 4.69) is 38.1 Å². The fraction of sp³-hybridized carbons (Fsp3) is 0.188. The second-order valence-electron chi connectivity index (χ2n) is 4.14. The quantitative estimate of drug-likeness (QED) is 0.651. The van der Waals surface area contributed by atoms with E-state index in [0.29, 0.717) is 5.92 Å². The summed E-state index contributed by atoms with van der Waals surface area (Å²) < 4.78 is 0. The first-order chi connectivity index (χ1) is 8.65. The fourth-order valence-corrected chi connectivity index (χ4v) is 1.83. The molecule has 0 aliphatic carbocycles. The van der Waals surface area contributed by atoms with Crippen LogP contribution in [0.15, 0.2) is 71.1 Å². The molecule has 0 unspecified atom stereocenters.